The highest BCUT2D eigenvalue weighted by atomic mass is 35.5. The Balaban J connectivity index is 0.00000261. The maximum absolute atomic E-state index is 12.4. The van der Waals surface area contributed by atoms with E-state index in [-0.39, 0.29) is 30.8 Å². The van der Waals surface area contributed by atoms with Crippen molar-refractivity contribution in [1.82, 2.24) is 10.2 Å². The molecule has 1 atom stereocenters. The number of hydrogen-bond acceptors (Lipinski definition) is 5. The van der Waals surface area contributed by atoms with E-state index < -0.39 is 0 Å². The van der Waals surface area contributed by atoms with Crippen LogP contribution in [0, 0.1) is 5.92 Å². The van der Waals surface area contributed by atoms with E-state index in [2.05, 4.69) is 10.6 Å². The number of fused-ring (bicyclic) bond motifs is 1. The molecule has 1 aromatic carbocycles. The molecule has 7 nitrogen and oxygen atoms in total. The second kappa shape index (κ2) is 10.4. The van der Waals surface area contributed by atoms with Gasteiger partial charge < -0.3 is 25.0 Å². The average Bonchev–Trinajstić information content (AvgIpc) is 3.17. The lowest BCUT2D eigenvalue weighted by Crippen LogP contribution is -2.38. The van der Waals surface area contributed by atoms with Crippen molar-refractivity contribution in [3.8, 4) is 11.5 Å². The molecule has 0 radical (unpaired) electrons. The molecule has 2 heterocycles. The number of amides is 2. The smallest absolute Gasteiger partial charge is 0.243 e. The number of likely N-dealkylation sites (N-methyl/N-ethyl adjacent to an activating group) is 1. The molecule has 0 aliphatic carbocycles. The maximum Gasteiger partial charge on any atom is 0.243 e. The summed E-state index contributed by atoms with van der Waals surface area (Å²) in [6.07, 6.45) is 2.51. The van der Waals surface area contributed by atoms with Crippen molar-refractivity contribution >= 4 is 29.9 Å². The van der Waals surface area contributed by atoms with Crippen molar-refractivity contribution < 1.29 is 19.1 Å². The van der Waals surface area contributed by atoms with Gasteiger partial charge in [-0.3, -0.25) is 9.59 Å². The molecule has 1 aromatic rings. The molecule has 1 unspecified atom stereocenters. The van der Waals surface area contributed by atoms with Gasteiger partial charge in [0.1, 0.15) is 13.2 Å². The molecule has 0 saturated carbocycles. The summed E-state index contributed by atoms with van der Waals surface area (Å²) in [5.74, 6) is 1.71. The first-order valence-corrected chi connectivity index (χ1v) is 9.33. The number of carbonyl (C=O) groups is 2. The predicted molar refractivity (Wildman–Crippen MR) is 106 cm³/mol. The fourth-order valence-corrected chi connectivity index (χ4v) is 3.32. The van der Waals surface area contributed by atoms with E-state index in [0.29, 0.717) is 49.3 Å². The van der Waals surface area contributed by atoms with Gasteiger partial charge in [0, 0.05) is 24.7 Å². The summed E-state index contributed by atoms with van der Waals surface area (Å²) in [6.45, 7) is 5.54. The number of benzene rings is 1. The summed E-state index contributed by atoms with van der Waals surface area (Å²) >= 11 is 0. The summed E-state index contributed by atoms with van der Waals surface area (Å²) in [7, 11) is 0. The highest BCUT2D eigenvalue weighted by Gasteiger charge is 2.20. The lowest BCUT2D eigenvalue weighted by molar-refractivity contribution is -0.134. The van der Waals surface area contributed by atoms with Crippen LogP contribution in [0.5, 0.6) is 11.5 Å². The molecule has 0 bridgehead atoms. The van der Waals surface area contributed by atoms with Crippen LogP contribution in [0.2, 0.25) is 0 Å². The van der Waals surface area contributed by atoms with E-state index in [4.69, 9.17) is 9.47 Å². The fraction of sp³-hybridized carbons (Fsp3) is 0.579. The number of nitrogens with one attached hydrogen (secondary N) is 2. The van der Waals surface area contributed by atoms with E-state index in [1.165, 1.54) is 0 Å². The van der Waals surface area contributed by atoms with Crippen molar-refractivity contribution in [3.63, 3.8) is 0 Å². The first-order valence-electron chi connectivity index (χ1n) is 9.33. The second-order valence-corrected chi connectivity index (χ2v) is 6.71. The van der Waals surface area contributed by atoms with Crippen LogP contribution in [0.1, 0.15) is 26.2 Å². The van der Waals surface area contributed by atoms with E-state index in [9.17, 15) is 9.59 Å². The Morgan fingerprint density at radius 2 is 2.04 bits per heavy atom. The summed E-state index contributed by atoms with van der Waals surface area (Å²) in [5, 5.41) is 6.14. The normalized spacial score (nSPS) is 17.7. The third-order valence-electron chi connectivity index (χ3n) is 4.82. The molecule has 27 heavy (non-hydrogen) atoms. The molecule has 8 heteroatoms. The first-order chi connectivity index (χ1) is 12.7. The van der Waals surface area contributed by atoms with E-state index in [0.717, 1.165) is 25.9 Å². The minimum atomic E-state index is -0.209. The minimum Gasteiger partial charge on any atom is -0.486 e. The van der Waals surface area contributed by atoms with Crippen molar-refractivity contribution in [2.75, 3.05) is 44.7 Å². The number of hydrogen-bond donors (Lipinski definition) is 2. The minimum absolute atomic E-state index is 0. The number of ether oxygens (including phenoxy) is 2. The van der Waals surface area contributed by atoms with E-state index >= 15 is 0 Å². The van der Waals surface area contributed by atoms with Gasteiger partial charge in [-0.05, 0) is 50.9 Å². The van der Waals surface area contributed by atoms with Crippen LogP contribution in [0.3, 0.4) is 0 Å². The number of halogens is 1. The largest absolute Gasteiger partial charge is 0.486 e. The van der Waals surface area contributed by atoms with Gasteiger partial charge in [-0.1, -0.05) is 0 Å². The molecule has 1 saturated heterocycles. The zero-order valence-electron chi connectivity index (χ0n) is 15.7. The van der Waals surface area contributed by atoms with E-state index in [1.807, 2.05) is 6.92 Å². The quantitative estimate of drug-likeness (QED) is 0.736. The van der Waals surface area contributed by atoms with Crippen LogP contribution in [0.25, 0.3) is 0 Å². The molecule has 2 aliphatic heterocycles. The number of anilines is 1. The number of carbonyl (C=O) groups excluding carboxylic acids is 2. The Hall–Kier alpha value is -1.99. The second-order valence-electron chi connectivity index (χ2n) is 6.71. The third-order valence-corrected chi connectivity index (χ3v) is 4.82. The highest BCUT2D eigenvalue weighted by Crippen LogP contribution is 2.32. The molecular formula is C19H28ClN3O4. The Kier molecular flexibility index (Phi) is 8.19. The van der Waals surface area contributed by atoms with Crippen molar-refractivity contribution in [2.45, 2.75) is 26.2 Å². The topological polar surface area (TPSA) is 79.9 Å². The van der Waals surface area contributed by atoms with Crippen LogP contribution in [-0.4, -0.2) is 56.1 Å². The Morgan fingerprint density at radius 3 is 2.74 bits per heavy atom. The van der Waals surface area contributed by atoms with Gasteiger partial charge in [0.25, 0.3) is 0 Å². The van der Waals surface area contributed by atoms with Gasteiger partial charge in [-0.2, -0.15) is 0 Å². The number of rotatable bonds is 7. The monoisotopic (exact) mass is 397 g/mol. The highest BCUT2D eigenvalue weighted by molar-refractivity contribution is 5.94. The summed E-state index contributed by atoms with van der Waals surface area (Å²) < 4.78 is 11.0. The fourth-order valence-electron chi connectivity index (χ4n) is 3.32. The Labute approximate surface area is 166 Å². The van der Waals surface area contributed by atoms with Crippen molar-refractivity contribution in [2.24, 2.45) is 5.92 Å². The lowest BCUT2D eigenvalue weighted by Gasteiger charge is -2.22. The van der Waals surface area contributed by atoms with Gasteiger partial charge in [-0.15, -0.1) is 12.4 Å². The Bertz CT molecular complexity index is 650. The summed E-state index contributed by atoms with van der Waals surface area (Å²) in [4.78, 5) is 26.3. The van der Waals surface area contributed by atoms with Crippen LogP contribution in [0.4, 0.5) is 5.69 Å². The molecule has 1 fully saturated rings. The van der Waals surface area contributed by atoms with Crippen LogP contribution in [0.15, 0.2) is 18.2 Å². The Morgan fingerprint density at radius 1 is 1.26 bits per heavy atom. The number of nitrogens with zero attached hydrogens (tertiary/aromatic N) is 1. The van der Waals surface area contributed by atoms with Crippen LogP contribution in [-0.2, 0) is 9.59 Å². The molecule has 2 N–H and O–H groups in total. The lowest BCUT2D eigenvalue weighted by atomic mass is 10.0. The molecule has 0 aromatic heterocycles. The standard InChI is InChI=1S/C19H27N3O4.ClH/c1-2-22(19(24)6-3-14-7-8-20-12-14)13-18(23)21-15-4-5-16-17(11-15)26-10-9-25-16;/h4-5,11,14,20H,2-3,6-10,12-13H2,1H3,(H,21,23);1H. The molecule has 2 amide bonds. The van der Waals surface area contributed by atoms with Gasteiger partial charge in [0.05, 0.1) is 6.54 Å². The molecule has 3 rings (SSSR count). The third kappa shape index (κ3) is 6.01. The predicted octanol–water partition coefficient (Wildman–Crippen LogP) is 2.06. The summed E-state index contributed by atoms with van der Waals surface area (Å²) in [5.41, 5.74) is 0.639. The SMILES string of the molecule is CCN(CC(=O)Nc1ccc2c(c1)OCCO2)C(=O)CCC1CCNC1.Cl. The van der Waals surface area contributed by atoms with Crippen molar-refractivity contribution in [3.05, 3.63) is 18.2 Å². The molecule has 150 valence electrons. The van der Waals surface area contributed by atoms with Crippen LogP contribution >= 0.6 is 12.4 Å². The molecular weight excluding hydrogens is 370 g/mol. The molecule has 2 aliphatic rings. The van der Waals surface area contributed by atoms with Crippen LogP contribution < -0.4 is 20.1 Å². The van der Waals surface area contributed by atoms with E-state index in [1.54, 1.807) is 23.1 Å². The molecule has 0 spiro atoms. The zero-order valence-corrected chi connectivity index (χ0v) is 16.5. The van der Waals surface area contributed by atoms with Gasteiger partial charge in [0.2, 0.25) is 11.8 Å². The van der Waals surface area contributed by atoms with Gasteiger partial charge >= 0.3 is 0 Å². The van der Waals surface area contributed by atoms with Gasteiger partial charge in [-0.25, -0.2) is 0 Å². The zero-order chi connectivity index (χ0) is 18.4. The average molecular weight is 398 g/mol. The summed E-state index contributed by atoms with van der Waals surface area (Å²) in [6, 6.07) is 5.30. The maximum atomic E-state index is 12.4. The van der Waals surface area contributed by atoms with Crippen molar-refractivity contribution in [1.29, 1.82) is 0 Å². The van der Waals surface area contributed by atoms with Gasteiger partial charge in [0.15, 0.2) is 11.5 Å². The first kappa shape index (κ1) is 21.3.